The molecule has 0 spiro atoms. The summed E-state index contributed by atoms with van der Waals surface area (Å²) in [6.45, 7) is 0. The molecule has 0 atom stereocenters. The molecule has 4 heteroatoms. The van der Waals surface area contributed by atoms with Crippen molar-refractivity contribution in [3.05, 3.63) is 0 Å². The fraction of sp³-hybridized carbons (Fsp3) is 1.00. The summed E-state index contributed by atoms with van der Waals surface area (Å²) in [6, 6.07) is 0. The maximum absolute atomic E-state index is 2.12. The Morgan fingerprint density at radius 1 is 0.500 bits per heavy atom. The molecule has 0 saturated carbocycles. The van der Waals surface area contributed by atoms with Gasteiger partial charge in [-0.05, 0) is 0 Å². The monoisotopic (exact) mass is 434 g/mol. The lowest BCUT2D eigenvalue weighted by Gasteiger charge is -2.14. The van der Waals surface area contributed by atoms with Crippen LogP contribution in [-0.4, -0.2) is 65.3 Å². The second-order valence-corrected chi connectivity index (χ2v) is 5.37. The van der Waals surface area contributed by atoms with Crippen LogP contribution in [0.4, 0.5) is 0 Å². The largest absolute Gasteiger partial charge is 0.333 e. The van der Waals surface area contributed by atoms with E-state index in [0.29, 0.717) is 0 Å². The predicted octanol–water partition coefficient (Wildman–Crippen LogP) is 3.69. The van der Waals surface area contributed by atoms with Crippen molar-refractivity contribution in [3.8, 4) is 0 Å². The minimum Gasteiger partial charge on any atom is -0.333 e. The van der Waals surface area contributed by atoms with E-state index in [-0.39, 0.29) is 14.9 Å². The minimum atomic E-state index is 0. The summed E-state index contributed by atoms with van der Waals surface area (Å²) in [5, 5.41) is 0. The molecule has 0 fully saturated rings. The smallest absolute Gasteiger partial charge is 0.0675 e. The fourth-order valence-corrected chi connectivity index (χ4v) is 0. The van der Waals surface area contributed by atoms with Crippen molar-refractivity contribution in [2.75, 3.05) is 56.4 Å². The summed E-state index contributed by atoms with van der Waals surface area (Å²) < 4.78 is 2.00. The van der Waals surface area contributed by atoms with Crippen LogP contribution in [0.1, 0.15) is 14.9 Å². The van der Waals surface area contributed by atoms with E-state index in [1.54, 1.807) is 0 Å². The van der Waals surface area contributed by atoms with Crippen LogP contribution >= 0.6 is 37.2 Å². The van der Waals surface area contributed by atoms with Gasteiger partial charge in [-0.3, -0.25) is 0 Å². The first-order valence-corrected chi connectivity index (χ1v) is 10.0. The molecule has 0 heterocycles. The summed E-state index contributed by atoms with van der Waals surface area (Å²) in [7, 11) is 17.0. The van der Waals surface area contributed by atoms with Crippen LogP contribution in [0, 0.1) is 0 Å². The van der Waals surface area contributed by atoms with Gasteiger partial charge in [0.05, 0.1) is 56.4 Å². The van der Waals surface area contributed by atoms with Crippen LogP contribution in [0.2, 0.25) is 0 Å². The van der Waals surface area contributed by atoms with E-state index in [0.717, 1.165) is 8.97 Å². The van der Waals surface area contributed by atoms with Gasteiger partial charge in [0.25, 0.3) is 0 Å². The number of nitrogens with zero attached hydrogens (tertiary/aromatic N) is 2. The molecule has 94 valence electrons. The van der Waals surface area contributed by atoms with Gasteiger partial charge in [0.2, 0.25) is 0 Å². The highest BCUT2D eigenvalue weighted by atomic mass is 128. The first-order valence-electron chi connectivity index (χ1n) is 3.72. The van der Waals surface area contributed by atoms with Gasteiger partial charge in [-0.25, -0.2) is 0 Å². The number of halogens is 2. The molecule has 0 aromatic heterocycles. The van der Waals surface area contributed by atoms with Gasteiger partial charge in [0.1, 0.15) is 0 Å². The predicted molar refractivity (Wildman–Crippen MR) is 89.4 cm³/mol. The highest BCUT2D eigenvalue weighted by Crippen LogP contribution is 1.89. The molecule has 0 rings (SSSR count). The lowest BCUT2D eigenvalue weighted by atomic mass is 10.8. The van der Waals surface area contributed by atoms with Crippen LogP contribution in [0.5, 0.6) is 0 Å². The van der Waals surface area contributed by atoms with Crippen molar-refractivity contribution >= 4 is 37.2 Å². The SMILES string of the molecule is C.C.C[N+](C)(C)C.C[N+](C)(C)C.II. The number of hydrogen-bond donors (Lipinski definition) is 0. The van der Waals surface area contributed by atoms with Crippen molar-refractivity contribution in [2.24, 2.45) is 0 Å². The van der Waals surface area contributed by atoms with Crippen LogP contribution in [0.25, 0.3) is 0 Å². The Labute approximate surface area is 117 Å². The molecule has 14 heavy (non-hydrogen) atoms. The summed E-state index contributed by atoms with van der Waals surface area (Å²) in [4.78, 5) is 0. The Kier molecular flexibility index (Phi) is 30.3. The first kappa shape index (κ1) is 29.5. The first-order chi connectivity index (χ1) is 5.00. The fourth-order valence-electron chi connectivity index (χ4n) is 0. The molecular formula is C10H32I2N2+2. The average molecular weight is 434 g/mol. The molecule has 0 aliphatic rings. The average Bonchev–Trinajstić information content (AvgIpc) is 1.59. The van der Waals surface area contributed by atoms with E-state index >= 15 is 0 Å². The topological polar surface area (TPSA) is 0 Å². The zero-order chi connectivity index (χ0) is 11.0. The maximum atomic E-state index is 2.12. The maximum Gasteiger partial charge on any atom is 0.0675 e. The van der Waals surface area contributed by atoms with Crippen LogP contribution in [-0.2, 0) is 0 Å². The van der Waals surface area contributed by atoms with Gasteiger partial charge in [0.15, 0.2) is 0 Å². The molecule has 0 aromatic carbocycles. The summed E-state index contributed by atoms with van der Waals surface area (Å²) in [5.74, 6) is 0. The zero-order valence-corrected chi connectivity index (χ0v) is 14.0. The Balaban J connectivity index is -0.0000000292. The molecule has 0 amide bonds. The molecular weight excluding hydrogens is 402 g/mol. The van der Waals surface area contributed by atoms with Gasteiger partial charge in [-0.2, -0.15) is 0 Å². The number of rotatable bonds is 0. The Morgan fingerprint density at radius 3 is 0.500 bits per heavy atom. The van der Waals surface area contributed by atoms with Gasteiger partial charge in [0, 0.05) is 37.2 Å². The quantitative estimate of drug-likeness (QED) is 0.403. The van der Waals surface area contributed by atoms with E-state index in [2.05, 4.69) is 93.6 Å². The molecule has 0 N–H and O–H groups in total. The van der Waals surface area contributed by atoms with Gasteiger partial charge >= 0.3 is 0 Å². The van der Waals surface area contributed by atoms with E-state index in [1.165, 1.54) is 0 Å². The summed E-state index contributed by atoms with van der Waals surface area (Å²) >= 11 is 4.24. The van der Waals surface area contributed by atoms with E-state index in [1.807, 2.05) is 0 Å². The molecule has 0 aliphatic carbocycles. The lowest BCUT2D eigenvalue weighted by Crippen LogP contribution is -2.27. The third-order valence-corrected chi connectivity index (χ3v) is 0. The van der Waals surface area contributed by atoms with Gasteiger partial charge in [-0.15, -0.1) is 0 Å². The third-order valence-electron chi connectivity index (χ3n) is 0. The summed E-state index contributed by atoms with van der Waals surface area (Å²) in [6.07, 6.45) is 0. The Hall–Kier alpha value is 1.38. The molecule has 0 aliphatic heterocycles. The van der Waals surface area contributed by atoms with E-state index < -0.39 is 0 Å². The van der Waals surface area contributed by atoms with Crippen LogP contribution in [0.3, 0.4) is 0 Å². The van der Waals surface area contributed by atoms with Gasteiger partial charge in [-0.1, -0.05) is 14.9 Å². The van der Waals surface area contributed by atoms with Gasteiger partial charge < -0.3 is 8.97 Å². The zero-order valence-electron chi connectivity index (χ0n) is 9.65. The van der Waals surface area contributed by atoms with E-state index in [4.69, 9.17) is 0 Å². The molecule has 0 saturated heterocycles. The number of hydrogen-bond acceptors (Lipinski definition) is 0. The van der Waals surface area contributed by atoms with Crippen molar-refractivity contribution in [1.29, 1.82) is 0 Å². The van der Waals surface area contributed by atoms with Crippen molar-refractivity contribution < 1.29 is 8.97 Å². The Morgan fingerprint density at radius 2 is 0.500 bits per heavy atom. The number of quaternary nitrogens is 2. The lowest BCUT2D eigenvalue weighted by molar-refractivity contribution is -0.849. The van der Waals surface area contributed by atoms with Crippen molar-refractivity contribution in [2.45, 2.75) is 14.9 Å². The summed E-state index contributed by atoms with van der Waals surface area (Å²) in [5.41, 5.74) is 0. The third kappa shape index (κ3) is 1080. The van der Waals surface area contributed by atoms with E-state index in [9.17, 15) is 0 Å². The van der Waals surface area contributed by atoms with Crippen LogP contribution < -0.4 is 0 Å². The minimum absolute atomic E-state index is 0. The molecule has 0 aromatic rings. The van der Waals surface area contributed by atoms with Crippen LogP contribution in [0.15, 0.2) is 0 Å². The second kappa shape index (κ2) is 14.4. The second-order valence-electron chi connectivity index (χ2n) is 5.37. The molecule has 0 radical (unpaired) electrons. The molecule has 2 nitrogen and oxygen atoms in total. The molecule has 0 bridgehead atoms. The molecule has 0 unspecified atom stereocenters. The normalized spacial score (nSPS) is 9.00. The Bertz CT molecular complexity index is 59.1. The van der Waals surface area contributed by atoms with Crippen molar-refractivity contribution in [1.82, 2.24) is 0 Å². The highest BCUT2D eigenvalue weighted by Gasteiger charge is 1.88. The standard InChI is InChI=1S/2C4H12N.2CH4.I2/c2*1-5(2,3)4;;;1-2/h2*1-4H3;2*1H4;/q2*+1;;;. The van der Waals surface area contributed by atoms with Crippen molar-refractivity contribution in [3.63, 3.8) is 0 Å². The highest BCUT2D eigenvalue weighted by molar-refractivity contribution is 15.0.